The largest absolute Gasteiger partial charge is 0.490 e. The van der Waals surface area contributed by atoms with Gasteiger partial charge in [0, 0.05) is 6.54 Å². The molecule has 6 nitrogen and oxygen atoms in total. The van der Waals surface area contributed by atoms with Crippen molar-refractivity contribution in [3.05, 3.63) is 87.9 Å². The van der Waals surface area contributed by atoms with Crippen LogP contribution in [0.4, 0.5) is 0 Å². The number of thiocarbonyl (C=S) groups is 1. The van der Waals surface area contributed by atoms with Crippen LogP contribution in [0.25, 0.3) is 0 Å². The van der Waals surface area contributed by atoms with Crippen LogP contribution >= 0.6 is 23.8 Å². The summed E-state index contributed by atoms with van der Waals surface area (Å²) in [7, 11) is 0. The number of benzene rings is 3. The van der Waals surface area contributed by atoms with Gasteiger partial charge in [-0.1, -0.05) is 48.0 Å². The van der Waals surface area contributed by atoms with Crippen LogP contribution in [0.5, 0.6) is 17.2 Å². The van der Waals surface area contributed by atoms with Crippen molar-refractivity contribution in [2.24, 2.45) is 5.10 Å². The summed E-state index contributed by atoms with van der Waals surface area (Å²) in [6.45, 7) is 7.82. The van der Waals surface area contributed by atoms with Gasteiger partial charge in [0.2, 0.25) is 0 Å². The molecule has 3 aromatic rings. The molecule has 0 bridgehead atoms. The molecule has 0 radical (unpaired) electrons. The van der Waals surface area contributed by atoms with Gasteiger partial charge in [0.25, 0.3) is 0 Å². The molecule has 8 heteroatoms. The van der Waals surface area contributed by atoms with Crippen molar-refractivity contribution < 1.29 is 14.2 Å². The molecule has 2 N–H and O–H groups in total. The first-order valence-corrected chi connectivity index (χ1v) is 12.1. The van der Waals surface area contributed by atoms with Crippen LogP contribution in [0.2, 0.25) is 5.02 Å². The number of nitrogens with zero attached hydrogens (tertiary/aromatic N) is 1. The van der Waals surface area contributed by atoms with Crippen LogP contribution in [-0.2, 0) is 6.54 Å². The molecule has 3 aromatic carbocycles. The topological polar surface area (TPSA) is 64.1 Å². The Labute approximate surface area is 217 Å². The van der Waals surface area contributed by atoms with Crippen molar-refractivity contribution >= 4 is 35.1 Å². The predicted molar refractivity (Wildman–Crippen MR) is 146 cm³/mol. The van der Waals surface area contributed by atoms with E-state index in [1.54, 1.807) is 12.3 Å². The molecule has 0 aliphatic heterocycles. The monoisotopic (exact) mass is 511 g/mol. The second kappa shape index (κ2) is 13.6. The van der Waals surface area contributed by atoms with Gasteiger partial charge in [-0.2, -0.15) is 5.10 Å². The molecule has 0 atom stereocenters. The first-order chi connectivity index (χ1) is 17.0. The van der Waals surface area contributed by atoms with Gasteiger partial charge in [-0.25, -0.2) is 0 Å². The zero-order chi connectivity index (χ0) is 25.0. The van der Waals surface area contributed by atoms with Crippen molar-refractivity contribution in [2.45, 2.75) is 27.3 Å². The lowest BCUT2D eigenvalue weighted by molar-refractivity contribution is 0.208. The Morgan fingerprint density at radius 1 is 0.971 bits per heavy atom. The maximum absolute atomic E-state index is 6.50. The molecule has 0 saturated carbocycles. The third-order valence-corrected chi connectivity index (χ3v) is 5.60. The summed E-state index contributed by atoms with van der Waals surface area (Å²) in [6, 6.07) is 19.6. The van der Waals surface area contributed by atoms with Crippen molar-refractivity contribution in [1.82, 2.24) is 10.7 Å². The van der Waals surface area contributed by atoms with Gasteiger partial charge < -0.3 is 19.5 Å². The van der Waals surface area contributed by atoms with E-state index in [2.05, 4.69) is 29.7 Å². The lowest BCUT2D eigenvalue weighted by Gasteiger charge is -2.15. The molecule has 0 aliphatic rings. The minimum absolute atomic E-state index is 0.322. The van der Waals surface area contributed by atoms with E-state index in [-0.39, 0.29) is 0 Å². The van der Waals surface area contributed by atoms with E-state index in [1.165, 1.54) is 11.1 Å². The number of nitrogens with one attached hydrogen (secondary N) is 2. The van der Waals surface area contributed by atoms with Crippen molar-refractivity contribution in [1.29, 1.82) is 0 Å². The molecule has 184 valence electrons. The third-order valence-electron chi connectivity index (χ3n) is 5.08. The van der Waals surface area contributed by atoms with Crippen LogP contribution in [-0.4, -0.2) is 31.1 Å². The van der Waals surface area contributed by atoms with E-state index in [1.807, 2.05) is 61.5 Å². The molecular formula is C27H30ClN3O3S. The zero-order valence-electron chi connectivity index (χ0n) is 20.1. The summed E-state index contributed by atoms with van der Waals surface area (Å²) in [6.07, 6.45) is 1.62. The predicted octanol–water partition coefficient (Wildman–Crippen LogP) is 5.81. The Bertz CT molecular complexity index is 1160. The smallest absolute Gasteiger partial charge is 0.187 e. The van der Waals surface area contributed by atoms with Crippen LogP contribution in [0, 0.1) is 13.8 Å². The van der Waals surface area contributed by atoms with Gasteiger partial charge in [0.15, 0.2) is 16.6 Å². The third kappa shape index (κ3) is 8.46. The summed E-state index contributed by atoms with van der Waals surface area (Å²) in [4.78, 5) is 0. The minimum atomic E-state index is 0.322. The van der Waals surface area contributed by atoms with Crippen molar-refractivity contribution in [2.75, 3.05) is 19.8 Å². The molecule has 0 fully saturated rings. The summed E-state index contributed by atoms with van der Waals surface area (Å²) in [5.41, 5.74) is 7.10. The first kappa shape index (κ1) is 26.3. The van der Waals surface area contributed by atoms with Crippen LogP contribution in [0.3, 0.4) is 0 Å². The number of hydrogen-bond acceptors (Lipinski definition) is 5. The highest BCUT2D eigenvalue weighted by molar-refractivity contribution is 7.80. The van der Waals surface area contributed by atoms with Gasteiger partial charge in [0.05, 0.1) is 17.8 Å². The number of halogens is 1. The van der Waals surface area contributed by atoms with Crippen LogP contribution in [0.1, 0.15) is 29.2 Å². The van der Waals surface area contributed by atoms with Crippen molar-refractivity contribution in [3.63, 3.8) is 0 Å². The summed E-state index contributed by atoms with van der Waals surface area (Å²) in [5, 5.41) is 8.15. The Morgan fingerprint density at radius 3 is 2.49 bits per heavy atom. The second-order valence-corrected chi connectivity index (χ2v) is 8.56. The fraction of sp³-hybridized carbons (Fsp3) is 0.259. The van der Waals surface area contributed by atoms with E-state index in [9.17, 15) is 0 Å². The highest BCUT2D eigenvalue weighted by Gasteiger charge is 2.12. The van der Waals surface area contributed by atoms with Gasteiger partial charge in [-0.3, -0.25) is 5.43 Å². The molecular weight excluding hydrogens is 482 g/mol. The quantitative estimate of drug-likeness (QED) is 0.146. The van der Waals surface area contributed by atoms with E-state index < -0.39 is 0 Å². The molecule has 0 aliphatic carbocycles. The second-order valence-electron chi connectivity index (χ2n) is 7.74. The van der Waals surface area contributed by atoms with Gasteiger partial charge in [0.1, 0.15) is 19.0 Å². The molecule has 0 aromatic heterocycles. The average molecular weight is 512 g/mol. The Balaban J connectivity index is 1.54. The Kier molecular flexibility index (Phi) is 10.2. The average Bonchev–Trinajstić information content (AvgIpc) is 2.85. The minimum Gasteiger partial charge on any atom is -0.490 e. The molecule has 0 spiro atoms. The maximum Gasteiger partial charge on any atom is 0.187 e. The molecule has 0 heterocycles. The van der Waals surface area contributed by atoms with Crippen molar-refractivity contribution in [3.8, 4) is 17.2 Å². The normalized spacial score (nSPS) is 10.7. The highest BCUT2D eigenvalue weighted by Crippen LogP contribution is 2.36. The van der Waals surface area contributed by atoms with Gasteiger partial charge in [-0.05, 0) is 79.5 Å². The summed E-state index contributed by atoms with van der Waals surface area (Å²) < 4.78 is 17.4. The number of rotatable bonds is 11. The number of hydrazone groups is 1. The van der Waals surface area contributed by atoms with E-state index in [4.69, 9.17) is 38.0 Å². The molecule has 0 amide bonds. The number of hydrogen-bond donors (Lipinski definition) is 2. The maximum atomic E-state index is 6.50. The Hall–Kier alpha value is -3.29. The standard InChI is InChI=1S/C27H30ClN3O3S/c1-4-32-25-16-22(18-30-31-27(35)29-17-21-8-6-5-7-9-21)15-24(28)26(25)34-13-12-33-23-11-10-19(2)20(3)14-23/h5-11,14-16,18H,4,12-13,17H2,1-3H3,(H2,29,31,35). The fourth-order valence-corrected chi connectivity index (χ4v) is 3.55. The number of aryl methyl sites for hydroxylation is 2. The SMILES string of the molecule is CCOc1cc(C=NNC(=S)NCc2ccccc2)cc(Cl)c1OCCOc1ccc(C)c(C)c1. The highest BCUT2D eigenvalue weighted by atomic mass is 35.5. The summed E-state index contributed by atoms with van der Waals surface area (Å²) >= 11 is 11.8. The van der Waals surface area contributed by atoms with Gasteiger partial charge >= 0.3 is 0 Å². The zero-order valence-corrected chi connectivity index (χ0v) is 21.7. The first-order valence-electron chi connectivity index (χ1n) is 11.4. The molecule has 0 unspecified atom stereocenters. The Morgan fingerprint density at radius 2 is 1.74 bits per heavy atom. The summed E-state index contributed by atoms with van der Waals surface area (Å²) in [5.74, 6) is 1.82. The molecule has 35 heavy (non-hydrogen) atoms. The van der Waals surface area contributed by atoms with Gasteiger partial charge in [-0.15, -0.1) is 0 Å². The molecule has 3 rings (SSSR count). The van der Waals surface area contributed by atoms with Crippen LogP contribution < -0.4 is 25.0 Å². The van der Waals surface area contributed by atoms with Crippen LogP contribution in [0.15, 0.2) is 65.8 Å². The van der Waals surface area contributed by atoms with E-state index in [0.717, 1.165) is 16.9 Å². The van der Waals surface area contributed by atoms with E-state index >= 15 is 0 Å². The number of ether oxygens (including phenoxy) is 3. The van der Waals surface area contributed by atoms with E-state index in [0.29, 0.717) is 48.0 Å². The lowest BCUT2D eigenvalue weighted by Crippen LogP contribution is -2.31. The fourth-order valence-electron chi connectivity index (χ4n) is 3.16. The lowest BCUT2D eigenvalue weighted by atomic mass is 10.1. The molecule has 0 saturated heterocycles.